The molecular formula is C24H31N3O. The van der Waals surface area contributed by atoms with E-state index in [9.17, 15) is 0 Å². The highest BCUT2D eigenvalue weighted by atomic mass is 16.5. The number of nitrogens with one attached hydrogen (secondary N) is 1. The summed E-state index contributed by atoms with van der Waals surface area (Å²) in [6.07, 6.45) is 4.94. The summed E-state index contributed by atoms with van der Waals surface area (Å²) in [5.74, 6) is 0.961. The molecule has 0 spiro atoms. The van der Waals surface area contributed by atoms with Crippen molar-refractivity contribution in [2.24, 2.45) is 0 Å². The van der Waals surface area contributed by atoms with Crippen LogP contribution in [0.15, 0.2) is 60.9 Å². The normalized spacial score (nSPS) is 16.5. The van der Waals surface area contributed by atoms with E-state index in [-0.39, 0.29) is 0 Å². The van der Waals surface area contributed by atoms with Gasteiger partial charge in [-0.05, 0) is 43.2 Å². The predicted octanol–water partition coefficient (Wildman–Crippen LogP) is 5.35. The van der Waals surface area contributed by atoms with Gasteiger partial charge in [0, 0.05) is 54.5 Å². The van der Waals surface area contributed by atoms with E-state index in [1.807, 2.05) is 39.2 Å². The molecule has 28 heavy (non-hydrogen) atoms. The fourth-order valence-electron chi connectivity index (χ4n) is 3.72. The highest BCUT2D eigenvalue weighted by Gasteiger charge is 2.22. The lowest BCUT2D eigenvalue weighted by molar-refractivity contribution is 0.323. The summed E-state index contributed by atoms with van der Waals surface area (Å²) in [6.45, 7) is 9.87. The molecule has 0 aliphatic carbocycles. The van der Waals surface area contributed by atoms with Crippen LogP contribution in [0.5, 0.6) is 5.75 Å². The van der Waals surface area contributed by atoms with Gasteiger partial charge in [0.25, 0.3) is 0 Å². The van der Waals surface area contributed by atoms with Gasteiger partial charge >= 0.3 is 0 Å². The van der Waals surface area contributed by atoms with Crippen LogP contribution in [0.3, 0.4) is 0 Å². The maximum atomic E-state index is 5.62. The Balaban J connectivity index is 0.00000109. The number of hydrogen-bond donors (Lipinski definition) is 1. The van der Waals surface area contributed by atoms with Crippen molar-refractivity contribution in [3.05, 3.63) is 66.5 Å². The summed E-state index contributed by atoms with van der Waals surface area (Å²) in [5.41, 5.74) is 2.52. The number of ether oxygens (including phenoxy) is 1. The minimum Gasteiger partial charge on any atom is -0.494 e. The zero-order valence-corrected chi connectivity index (χ0v) is 17.2. The molecule has 1 aromatic heterocycles. The van der Waals surface area contributed by atoms with Crippen molar-refractivity contribution in [3.63, 3.8) is 0 Å². The number of nitrogens with zero attached hydrogens (tertiary/aromatic N) is 2. The van der Waals surface area contributed by atoms with E-state index < -0.39 is 0 Å². The van der Waals surface area contributed by atoms with Gasteiger partial charge in [0.2, 0.25) is 0 Å². The largest absolute Gasteiger partial charge is 0.494 e. The van der Waals surface area contributed by atoms with Crippen LogP contribution in [-0.4, -0.2) is 35.6 Å². The third-order valence-electron chi connectivity index (χ3n) is 4.93. The molecule has 0 amide bonds. The van der Waals surface area contributed by atoms with E-state index in [2.05, 4.69) is 57.7 Å². The predicted molar refractivity (Wildman–Crippen MR) is 118 cm³/mol. The second kappa shape index (κ2) is 10.1. The Kier molecular flexibility index (Phi) is 7.26. The number of aromatic nitrogens is 1. The van der Waals surface area contributed by atoms with Crippen molar-refractivity contribution in [1.29, 1.82) is 0 Å². The van der Waals surface area contributed by atoms with Crippen LogP contribution in [-0.2, 0) is 6.54 Å². The van der Waals surface area contributed by atoms with Gasteiger partial charge < -0.3 is 10.1 Å². The Labute approximate surface area is 168 Å². The van der Waals surface area contributed by atoms with Crippen molar-refractivity contribution in [2.45, 2.75) is 39.8 Å². The van der Waals surface area contributed by atoms with Crippen molar-refractivity contribution in [2.75, 3.05) is 25.0 Å². The highest BCUT2D eigenvalue weighted by Crippen LogP contribution is 2.25. The molecule has 2 heterocycles. The Hall–Kier alpha value is -2.59. The third kappa shape index (κ3) is 5.02. The van der Waals surface area contributed by atoms with Crippen LogP contribution in [0.1, 0.15) is 32.8 Å². The summed E-state index contributed by atoms with van der Waals surface area (Å²) in [5, 5.41) is 6.16. The molecule has 1 atom stereocenters. The molecule has 148 valence electrons. The SMILES string of the molecule is CC.CCOc1cccc(CN2CC[C@H](Nc3cccc4cnccc34)C2)c1. The molecule has 4 heteroatoms. The summed E-state index contributed by atoms with van der Waals surface area (Å²) < 4.78 is 5.62. The van der Waals surface area contributed by atoms with Gasteiger partial charge in [0.05, 0.1) is 6.61 Å². The third-order valence-corrected chi connectivity index (χ3v) is 4.93. The molecule has 3 aromatic rings. The van der Waals surface area contributed by atoms with Crippen LogP contribution >= 0.6 is 0 Å². The quantitative estimate of drug-likeness (QED) is 0.629. The molecule has 1 saturated heterocycles. The fraction of sp³-hybridized carbons (Fsp3) is 0.375. The van der Waals surface area contributed by atoms with E-state index in [0.717, 1.165) is 31.8 Å². The number of pyridine rings is 1. The number of likely N-dealkylation sites (tertiary alicyclic amines) is 1. The molecule has 2 aromatic carbocycles. The van der Waals surface area contributed by atoms with Gasteiger partial charge in [0.1, 0.15) is 5.75 Å². The molecule has 4 nitrogen and oxygen atoms in total. The van der Waals surface area contributed by atoms with Gasteiger partial charge in [-0.2, -0.15) is 0 Å². The summed E-state index contributed by atoms with van der Waals surface area (Å²) in [7, 11) is 0. The zero-order chi connectivity index (χ0) is 19.8. The van der Waals surface area contributed by atoms with Crippen LogP contribution in [0.2, 0.25) is 0 Å². The fourth-order valence-corrected chi connectivity index (χ4v) is 3.72. The van der Waals surface area contributed by atoms with E-state index in [0.29, 0.717) is 12.6 Å². The first-order valence-electron chi connectivity index (χ1n) is 10.3. The lowest BCUT2D eigenvalue weighted by Gasteiger charge is -2.18. The molecule has 0 saturated carbocycles. The van der Waals surface area contributed by atoms with Crippen LogP contribution in [0.25, 0.3) is 10.8 Å². The number of rotatable bonds is 6. The molecule has 4 rings (SSSR count). The molecular weight excluding hydrogens is 346 g/mol. The first kappa shape index (κ1) is 20.2. The Bertz CT molecular complexity index is 875. The summed E-state index contributed by atoms with van der Waals surface area (Å²) in [6, 6.07) is 17.4. The second-order valence-electron chi connectivity index (χ2n) is 6.85. The molecule has 1 fully saturated rings. The van der Waals surface area contributed by atoms with Gasteiger partial charge in [-0.25, -0.2) is 0 Å². The van der Waals surface area contributed by atoms with Crippen molar-refractivity contribution in [3.8, 4) is 5.75 Å². The number of hydrogen-bond acceptors (Lipinski definition) is 4. The second-order valence-corrected chi connectivity index (χ2v) is 6.85. The smallest absolute Gasteiger partial charge is 0.119 e. The standard InChI is InChI=1S/C22H25N3O.C2H6/c1-2-26-20-7-3-5-17(13-20)15-25-12-10-19(16-25)24-22-8-4-6-18-14-23-11-9-21(18)22;1-2/h3-9,11,13-14,19,24H,2,10,12,15-16H2,1H3;1-2H3/t19-;/m0./s1. The van der Waals surface area contributed by atoms with E-state index >= 15 is 0 Å². The Morgan fingerprint density at radius 2 is 2.00 bits per heavy atom. The zero-order valence-electron chi connectivity index (χ0n) is 17.2. The Morgan fingerprint density at radius 1 is 1.14 bits per heavy atom. The summed E-state index contributed by atoms with van der Waals surface area (Å²) >= 11 is 0. The minimum absolute atomic E-state index is 0.476. The number of benzene rings is 2. The first-order valence-corrected chi connectivity index (χ1v) is 10.3. The molecule has 1 aliphatic rings. The van der Waals surface area contributed by atoms with Crippen LogP contribution < -0.4 is 10.1 Å². The highest BCUT2D eigenvalue weighted by molar-refractivity contribution is 5.93. The first-order chi connectivity index (χ1) is 13.8. The molecule has 0 radical (unpaired) electrons. The average molecular weight is 378 g/mol. The number of fused-ring (bicyclic) bond motifs is 1. The van der Waals surface area contributed by atoms with Crippen molar-refractivity contribution < 1.29 is 4.74 Å². The molecule has 1 aliphatic heterocycles. The summed E-state index contributed by atoms with van der Waals surface area (Å²) in [4.78, 5) is 6.73. The van der Waals surface area contributed by atoms with Crippen molar-refractivity contribution >= 4 is 16.5 Å². The topological polar surface area (TPSA) is 37.4 Å². The lowest BCUT2D eigenvalue weighted by Crippen LogP contribution is -2.26. The van der Waals surface area contributed by atoms with Crippen molar-refractivity contribution in [1.82, 2.24) is 9.88 Å². The van der Waals surface area contributed by atoms with E-state index in [1.165, 1.54) is 22.0 Å². The van der Waals surface area contributed by atoms with E-state index in [1.54, 1.807) is 0 Å². The number of anilines is 1. The van der Waals surface area contributed by atoms with Crippen LogP contribution in [0, 0.1) is 0 Å². The average Bonchev–Trinajstić information content (AvgIpc) is 3.17. The van der Waals surface area contributed by atoms with Gasteiger partial charge in [-0.1, -0.05) is 38.1 Å². The van der Waals surface area contributed by atoms with Crippen LogP contribution in [0.4, 0.5) is 5.69 Å². The Morgan fingerprint density at radius 3 is 2.86 bits per heavy atom. The maximum absolute atomic E-state index is 5.62. The monoisotopic (exact) mass is 377 g/mol. The van der Waals surface area contributed by atoms with E-state index in [4.69, 9.17) is 4.74 Å². The molecule has 0 unspecified atom stereocenters. The minimum atomic E-state index is 0.476. The van der Waals surface area contributed by atoms with Gasteiger partial charge in [-0.15, -0.1) is 0 Å². The molecule has 1 N–H and O–H groups in total. The van der Waals surface area contributed by atoms with Gasteiger partial charge in [0.15, 0.2) is 0 Å². The lowest BCUT2D eigenvalue weighted by atomic mass is 10.1. The molecule has 0 bridgehead atoms. The maximum Gasteiger partial charge on any atom is 0.119 e. The van der Waals surface area contributed by atoms with Gasteiger partial charge in [-0.3, -0.25) is 9.88 Å².